The van der Waals surface area contributed by atoms with E-state index in [0.717, 1.165) is 43.7 Å². The summed E-state index contributed by atoms with van der Waals surface area (Å²) in [7, 11) is 0. The van der Waals surface area contributed by atoms with E-state index in [9.17, 15) is 0 Å². The quantitative estimate of drug-likeness (QED) is 0.700. The highest BCUT2D eigenvalue weighted by atomic mass is 32.1. The fourth-order valence-electron chi connectivity index (χ4n) is 3.15. The maximum atomic E-state index is 5.43. The third kappa shape index (κ3) is 3.01. The van der Waals surface area contributed by atoms with Crippen LogP contribution in [-0.2, 0) is 11.3 Å². The highest BCUT2D eigenvalue weighted by Gasteiger charge is 2.18. The summed E-state index contributed by atoms with van der Waals surface area (Å²) in [5, 5.41) is 5.43. The lowest BCUT2D eigenvalue weighted by atomic mass is 10.2. The number of ether oxygens (including phenoxy) is 1. The molecule has 0 saturated carbocycles. The molecule has 0 spiro atoms. The molecule has 0 bridgehead atoms. The molecule has 0 atom stereocenters. The zero-order chi connectivity index (χ0) is 16.5. The molecule has 4 rings (SSSR count). The molecule has 1 aliphatic rings. The van der Waals surface area contributed by atoms with Crippen molar-refractivity contribution in [1.82, 2.24) is 9.55 Å². The van der Waals surface area contributed by atoms with Crippen molar-refractivity contribution in [3.8, 4) is 11.3 Å². The monoisotopic (exact) mass is 359 g/mol. The minimum Gasteiger partial charge on any atom is -0.378 e. The van der Waals surface area contributed by atoms with Gasteiger partial charge in [-0.2, -0.15) is 0 Å². The van der Waals surface area contributed by atoms with Gasteiger partial charge in [-0.1, -0.05) is 6.07 Å². The third-order valence-corrected chi connectivity index (χ3v) is 6.28. The fraction of sp³-hybridized carbons (Fsp3) is 0.389. The Morgan fingerprint density at radius 2 is 2.04 bits per heavy atom. The average molecular weight is 360 g/mol. The average Bonchev–Trinajstić information content (AvgIpc) is 3.33. The van der Waals surface area contributed by atoms with Crippen LogP contribution in [0.1, 0.15) is 16.3 Å². The predicted octanol–water partition coefficient (Wildman–Crippen LogP) is 4.17. The topological polar surface area (TPSA) is 30.3 Å². The van der Waals surface area contributed by atoms with Gasteiger partial charge in [0.25, 0.3) is 0 Å². The van der Waals surface area contributed by atoms with Crippen molar-refractivity contribution >= 4 is 27.8 Å². The molecule has 0 N–H and O–H groups in total. The van der Waals surface area contributed by atoms with E-state index in [1.165, 1.54) is 21.8 Å². The van der Waals surface area contributed by atoms with E-state index < -0.39 is 0 Å². The lowest BCUT2D eigenvalue weighted by Crippen LogP contribution is -2.36. The summed E-state index contributed by atoms with van der Waals surface area (Å²) in [6, 6.07) is 6.58. The van der Waals surface area contributed by atoms with Crippen LogP contribution >= 0.6 is 22.7 Å². The van der Waals surface area contributed by atoms with Crippen molar-refractivity contribution in [3.63, 3.8) is 0 Å². The van der Waals surface area contributed by atoms with Crippen LogP contribution in [-0.4, -0.2) is 35.9 Å². The van der Waals surface area contributed by atoms with Crippen LogP contribution in [0, 0.1) is 13.8 Å². The Morgan fingerprint density at radius 3 is 2.79 bits per heavy atom. The summed E-state index contributed by atoms with van der Waals surface area (Å²) in [4.78, 5) is 8.60. The largest absolute Gasteiger partial charge is 0.378 e. The predicted molar refractivity (Wildman–Crippen MR) is 101 cm³/mol. The normalized spacial score (nSPS) is 15.2. The van der Waals surface area contributed by atoms with Crippen LogP contribution in [0.15, 0.2) is 29.0 Å². The first-order chi connectivity index (χ1) is 11.7. The molecular formula is C18H21N3OS2. The van der Waals surface area contributed by atoms with Gasteiger partial charge >= 0.3 is 0 Å². The summed E-state index contributed by atoms with van der Waals surface area (Å²) in [6.45, 7) is 8.78. The first kappa shape index (κ1) is 15.9. The van der Waals surface area contributed by atoms with Crippen LogP contribution < -0.4 is 4.90 Å². The molecule has 0 aromatic carbocycles. The number of thiophene rings is 1. The van der Waals surface area contributed by atoms with Crippen molar-refractivity contribution < 1.29 is 4.74 Å². The molecule has 0 unspecified atom stereocenters. The molecule has 4 heterocycles. The molecule has 24 heavy (non-hydrogen) atoms. The van der Waals surface area contributed by atoms with Crippen molar-refractivity contribution in [3.05, 3.63) is 45.2 Å². The number of rotatable bonds is 4. The number of aryl methyl sites for hydroxylation is 1. The maximum absolute atomic E-state index is 5.43. The van der Waals surface area contributed by atoms with Gasteiger partial charge in [-0.05, 0) is 31.4 Å². The molecule has 6 heteroatoms. The molecule has 0 radical (unpaired) electrons. The molecule has 1 saturated heterocycles. The van der Waals surface area contributed by atoms with E-state index in [4.69, 9.17) is 9.72 Å². The second kappa shape index (κ2) is 6.70. The van der Waals surface area contributed by atoms with Crippen molar-refractivity contribution in [2.75, 3.05) is 31.2 Å². The van der Waals surface area contributed by atoms with Crippen LogP contribution in [0.25, 0.3) is 11.3 Å². The van der Waals surface area contributed by atoms with Gasteiger partial charge in [-0.15, -0.1) is 22.7 Å². The van der Waals surface area contributed by atoms with Crippen LogP contribution in [0.5, 0.6) is 0 Å². The molecule has 0 aliphatic carbocycles. The Hall–Kier alpha value is -1.63. The smallest absolute Gasteiger partial charge is 0.186 e. The van der Waals surface area contributed by atoms with Gasteiger partial charge < -0.3 is 14.2 Å². The zero-order valence-corrected chi connectivity index (χ0v) is 15.6. The number of morpholine rings is 1. The van der Waals surface area contributed by atoms with E-state index in [1.54, 1.807) is 11.3 Å². The molecule has 126 valence electrons. The van der Waals surface area contributed by atoms with E-state index in [1.807, 2.05) is 11.3 Å². The van der Waals surface area contributed by atoms with Crippen LogP contribution in [0.2, 0.25) is 0 Å². The third-order valence-electron chi connectivity index (χ3n) is 4.52. The van der Waals surface area contributed by atoms with E-state index in [2.05, 4.69) is 52.3 Å². The minimum atomic E-state index is 0.796. The highest BCUT2D eigenvalue weighted by Crippen LogP contribution is 2.32. The van der Waals surface area contributed by atoms with E-state index in [-0.39, 0.29) is 0 Å². The number of nitrogens with zero attached hydrogens (tertiary/aromatic N) is 3. The standard InChI is InChI=1S/C18H21N3OS2/c1-13-10-16(14(2)21(13)11-15-4-3-9-23-15)17-12-24-18(19-17)20-5-7-22-8-6-20/h3-4,9-10,12H,5-8,11H2,1-2H3. The van der Waals surface area contributed by atoms with Gasteiger partial charge in [-0.25, -0.2) is 4.98 Å². The van der Waals surface area contributed by atoms with Crippen molar-refractivity contribution in [2.45, 2.75) is 20.4 Å². The van der Waals surface area contributed by atoms with E-state index in [0.29, 0.717) is 0 Å². The Labute approximate surface area is 150 Å². The molecule has 1 fully saturated rings. The van der Waals surface area contributed by atoms with Gasteiger partial charge in [0, 0.05) is 40.3 Å². The molecule has 0 amide bonds. The second-order valence-corrected chi connectivity index (χ2v) is 7.93. The molecule has 4 nitrogen and oxygen atoms in total. The van der Waals surface area contributed by atoms with Crippen molar-refractivity contribution in [2.24, 2.45) is 0 Å². The summed E-state index contributed by atoms with van der Waals surface area (Å²) in [5.74, 6) is 0. The van der Waals surface area contributed by atoms with Crippen molar-refractivity contribution in [1.29, 1.82) is 0 Å². The summed E-state index contributed by atoms with van der Waals surface area (Å²) >= 11 is 3.54. The Kier molecular flexibility index (Phi) is 4.43. The van der Waals surface area contributed by atoms with Crippen LogP contribution in [0.3, 0.4) is 0 Å². The second-order valence-electron chi connectivity index (χ2n) is 6.07. The number of aromatic nitrogens is 2. The highest BCUT2D eigenvalue weighted by molar-refractivity contribution is 7.14. The molecular weight excluding hydrogens is 338 g/mol. The van der Waals surface area contributed by atoms with Gasteiger partial charge in [0.1, 0.15) is 0 Å². The zero-order valence-electron chi connectivity index (χ0n) is 14.0. The first-order valence-corrected chi connectivity index (χ1v) is 9.96. The first-order valence-electron chi connectivity index (χ1n) is 8.20. The number of hydrogen-bond donors (Lipinski definition) is 0. The summed E-state index contributed by atoms with van der Waals surface area (Å²) in [6.07, 6.45) is 0. The number of hydrogen-bond acceptors (Lipinski definition) is 5. The SMILES string of the molecule is Cc1cc(-c2csc(N3CCOCC3)n2)c(C)n1Cc1cccs1. The fourth-order valence-corrected chi connectivity index (χ4v) is 4.72. The van der Waals surface area contributed by atoms with Crippen LogP contribution in [0.4, 0.5) is 5.13 Å². The number of anilines is 1. The molecule has 1 aliphatic heterocycles. The summed E-state index contributed by atoms with van der Waals surface area (Å²) in [5.41, 5.74) is 4.92. The summed E-state index contributed by atoms with van der Waals surface area (Å²) < 4.78 is 7.82. The maximum Gasteiger partial charge on any atom is 0.186 e. The van der Waals surface area contributed by atoms with Gasteiger partial charge in [0.05, 0.1) is 25.5 Å². The Bertz CT molecular complexity index is 814. The Balaban J connectivity index is 1.61. The number of thiazole rings is 1. The molecule has 3 aromatic heterocycles. The van der Waals surface area contributed by atoms with Gasteiger partial charge in [0.15, 0.2) is 5.13 Å². The minimum absolute atomic E-state index is 0.796. The van der Waals surface area contributed by atoms with E-state index >= 15 is 0 Å². The van der Waals surface area contributed by atoms with Gasteiger partial charge in [-0.3, -0.25) is 0 Å². The van der Waals surface area contributed by atoms with Gasteiger partial charge in [0.2, 0.25) is 0 Å². The molecule has 3 aromatic rings. The Morgan fingerprint density at radius 1 is 1.21 bits per heavy atom. The lowest BCUT2D eigenvalue weighted by molar-refractivity contribution is 0.122. The lowest BCUT2D eigenvalue weighted by Gasteiger charge is -2.26.